The molecule has 0 bridgehead atoms. The summed E-state index contributed by atoms with van der Waals surface area (Å²) < 4.78 is 0. The summed E-state index contributed by atoms with van der Waals surface area (Å²) in [7, 11) is 0. The largest absolute Gasteiger partial charge is 0.338 e. The number of likely N-dealkylation sites (tertiary alicyclic amines) is 1. The Kier molecular flexibility index (Phi) is 3.55. The van der Waals surface area contributed by atoms with Crippen LogP contribution < -0.4 is 0 Å². The fourth-order valence-electron chi connectivity index (χ4n) is 3.01. The summed E-state index contributed by atoms with van der Waals surface area (Å²) in [5.41, 5.74) is 0. The predicted octanol–water partition coefficient (Wildman–Crippen LogP) is 2.65. The minimum atomic E-state index is 0.286. The van der Waals surface area contributed by atoms with Gasteiger partial charge in [-0.3, -0.25) is 4.79 Å². The molecule has 2 aliphatic rings. The molecule has 1 aliphatic carbocycles. The normalized spacial score (nSPS) is 36.1. The number of amides is 1. The highest BCUT2D eigenvalue weighted by atomic mass is 35.5. The van der Waals surface area contributed by atoms with Gasteiger partial charge in [0.25, 0.3) is 0 Å². The third-order valence-corrected chi connectivity index (χ3v) is 4.37. The van der Waals surface area contributed by atoms with Crippen LogP contribution in [-0.2, 0) is 4.79 Å². The number of halogens is 1. The summed E-state index contributed by atoms with van der Waals surface area (Å²) in [4.78, 5) is 14.3. The van der Waals surface area contributed by atoms with E-state index in [0.717, 1.165) is 25.8 Å². The van der Waals surface area contributed by atoms with E-state index in [9.17, 15) is 4.79 Å². The maximum atomic E-state index is 12.3. The van der Waals surface area contributed by atoms with Gasteiger partial charge in [0.05, 0.1) is 0 Å². The van der Waals surface area contributed by atoms with Crippen LogP contribution in [-0.4, -0.2) is 29.3 Å². The first-order chi connectivity index (χ1) is 7.24. The number of carbonyl (C=O) groups is 1. The van der Waals surface area contributed by atoms with Gasteiger partial charge in [-0.05, 0) is 31.6 Å². The third kappa shape index (κ3) is 2.15. The average molecular weight is 230 g/mol. The molecule has 15 heavy (non-hydrogen) atoms. The molecule has 86 valence electrons. The van der Waals surface area contributed by atoms with Gasteiger partial charge in [0.1, 0.15) is 0 Å². The van der Waals surface area contributed by atoms with Gasteiger partial charge in [-0.1, -0.05) is 13.3 Å². The fraction of sp³-hybridized carbons (Fsp3) is 0.917. The molecule has 2 nitrogen and oxygen atoms in total. The van der Waals surface area contributed by atoms with Gasteiger partial charge in [0, 0.05) is 24.4 Å². The highest BCUT2D eigenvalue weighted by molar-refractivity contribution is 6.18. The zero-order valence-electron chi connectivity index (χ0n) is 9.42. The molecule has 0 N–H and O–H groups in total. The van der Waals surface area contributed by atoms with Crippen molar-refractivity contribution < 1.29 is 4.79 Å². The molecule has 0 aromatic rings. The Morgan fingerprint density at radius 2 is 2.13 bits per heavy atom. The van der Waals surface area contributed by atoms with Crippen LogP contribution >= 0.6 is 11.6 Å². The van der Waals surface area contributed by atoms with E-state index >= 15 is 0 Å². The number of hydrogen-bond donors (Lipinski definition) is 0. The minimum absolute atomic E-state index is 0.286. The second kappa shape index (κ2) is 4.73. The Labute approximate surface area is 97.0 Å². The summed E-state index contributed by atoms with van der Waals surface area (Å²) in [5.74, 6) is 1.85. The second-order valence-electron chi connectivity index (χ2n) is 5.00. The summed E-state index contributed by atoms with van der Waals surface area (Å²) >= 11 is 5.90. The average Bonchev–Trinajstić information content (AvgIpc) is 2.84. The van der Waals surface area contributed by atoms with Gasteiger partial charge in [-0.2, -0.15) is 0 Å². The molecule has 0 radical (unpaired) electrons. The van der Waals surface area contributed by atoms with E-state index in [-0.39, 0.29) is 5.92 Å². The van der Waals surface area contributed by atoms with Crippen LogP contribution in [0.25, 0.3) is 0 Å². The van der Waals surface area contributed by atoms with Crippen LogP contribution in [0, 0.1) is 11.8 Å². The monoisotopic (exact) mass is 229 g/mol. The zero-order valence-corrected chi connectivity index (χ0v) is 10.2. The number of carbonyl (C=O) groups excluding carboxylic acids is 1. The van der Waals surface area contributed by atoms with Gasteiger partial charge in [-0.25, -0.2) is 0 Å². The van der Waals surface area contributed by atoms with Gasteiger partial charge < -0.3 is 4.90 Å². The molecule has 0 aromatic carbocycles. The van der Waals surface area contributed by atoms with Crippen molar-refractivity contribution in [3.8, 4) is 0 Å². The first-order valence-corrected chi connectivity index (χ1v) is 6.64. The van der Waals surface area contributed by atoms with Gasteiger partial charge in [0.15, 0.2) is 0 Å². The van der Waals surface area contributed by atoms with Crippen molar-refractivity contribution in [1.82, 2.24) is 4.90 Å². The van der Waals surface area contributed by atoms with Crippen LogP contribution in [0.4, 0.5) is 0 Å². The molecule has 2 rings (SSSR count). The predicted molar refractivity (Wildman–Crippen MR) is 62.0 cm³/mol. The Balaban J connectivity index is 2.00. The zero-order chi connectivity index (χ0) is 10.8. The molecule has 1 saturated carbocycles. The molecular formula is C12H20ClNO. The summed E-state index contributed by atoms with van der Waals surface area (Å²) in [6.07, 6.45) is 5.75. The maximum absolute atomic E-state index is 12.3. The minimum Gasteiger partial charge on any atom is -0.338 e. The Morgan fingerprint density at radius 1 is 1.33 bits per heavy atom. The number of nitrogens with zero attached hydrogens (tertiary/aromatic N) is 1. The summed E-state index contributed by atoms with van der Waals surface area (Å²) in [6, 6.07) is 0.312. The van der Waals surface area contributed by atoms with Crippen molar-refractivity contribution in [3.05, 3.63) is 0 Å². The van der Waals surface area contributed by atoms with Crippen molar-refractivity contribution >= 4 is 17.5 Å². The van der Waals surface area contributed by atoms with Crippen molar-refractivity contribution in [2.45, 2.75) is 45.1 Å². The molecule has 0 spiro atoms. The van der Waals surface area contributed by atoms with Crippen LogP contribution in [0.1, 0.15) is 39.0 Å². The van der Waals surface area contributed by atoms with Gasteiger partial charge >= 0.3 is 0 Å². The lowest BCUT2D eigenvalue weighted by Gasteiger charge is -2.27. The molecule has 1 heterocycles. The Hall–Kier alpha value is -0.240. The van der Waals surface area contributed by atoms with Gasteiger partial charge in [0.2, 0.25) is 5.91 Å². The van der Waals surface area contributed by atoms with E-state index in [2.05, 4.69) is 6.92 Å². The number of rotatable bonds is 2. The first kappa shape index (κ1) is 11.3. The summed E-state index contributed by atoms with van der Waals surface area (Å²) in [5, 5.41) is 0. The lowest BCUT2D eigenvalue weighted by molar-refractivity contribution is -0.136. The Morgan fingerprint density at radius 3 is 2.73 bits per heavy atom. The van der Waals surface area contributed by atoms with E-state index in [1.807, 2.05) is 4.90 Å². The van der Waals surface area contributed by atoms with E-state index in [0.29, 0.717) is 23.7 Å². The highest BCUT2D eigenvalue weighted by Gasteiger charge is 2.36. The van der Waals surface area contributed by atoms with Crippen molar-refractivity contribution in [2.24, 2.45) is 11.8 Å². The molecule has 3 heteroatoms. The van der Waals surface area contributed by atoms with Crippen LogP contribution in [0.15, 0.2) is 0 Å². The Bertz CT molecular complexity index is 244. The van der Waals surface area contributed by atoms with E-state index in [1.165, 1.54) is 12.8 Å². The summed E-state index contributed by atoms with van der Waals surface area (Å²) in [6.45, 7) is 3.14. The molecule has 2 unspecified atom stereocenters. The van der Waals surface area contributed by atoms with Crippen molar-refractivity contribution in [3.63, 3.8) is 0 Å². The molecule has 3 atom stereocenters. The van der Waals surface area contributed by atoms with Crippen molar-refractivity contribution in [2.75, 3.05) is 12.4 Å². The smallest absolute Gasteiger partial charge is 0.226 e. The lowest BCUT2D eigenvalue weighted by Crippen LogP contribution is -2.41. The van der Waals surface area contributed by atoms with E-state index in [4.69, 9.17) is 11.6 Å². The first-order valence-electron chi connectivity index (χ1n) is 6.10. The molecular weight excluding hydrogens is 210 g/mol. The van der Waals surface area contributed by atoms with Gasteiger partial charge in [-0.15, -0.1) is 11.6 Å². The molecule has 2 fully saturated rings. The standard InChI is InChI=1S/C12H20ClNO/c1-9-4-2-6-11(9)12(15)14-7-3-5-10(14)8-13/h9-11H,2-8H2,1H3/t9?,10-,11?/m0/s1. The topological polar surface area (TPSA) is 20.3 Å². The van der Waals surface area contributed by atoms with Crippen LogP contribution in [0.5, 0.6) is 0 Å². The van der Waals surface area contributed by atoms with Crippen LogP contribution in [0.2, 0.25) is 0 Å². The van der Waals surface area contributed by atoms with E-state index < -0.39 is 0 Å². The van der Waals surface area contributed by atoms with Crippen LogP contribution in [0.3, 0.4) is 0 Å². The molecule has 0 aromatic heterocycles. The maximum Gasteiger partial charge on any atom is 0.226 e. The SMILES string of the molecule is CC1CCCC1C(=O)N1CCC[C@H]1CCl. The van der Waals surface area contributed by atoms with Crippen molar-refractivity contribution in [1.29, 1.82) is 0 Å². The lowest BCUT2D eigenvalue weighted by atomic mass is 9.96. The van der Waals surface area contributed by atoms with E-state index in [1.54, 1.807) is 0 Å². The molecule has 1 aliphatic heterocycles. The second-order valence-corrected chi connectivity index (χ2v) is 5.31. The third-order valence-electron chi connectivity index (χ3n) is 4.02. The quantitative estimate of drug-likeness (QED) is 0.667. The molecule has 1 saturated heterocycles. The number of alkyl halides is 1. The fourth-order valence-corrected chi connectivity index (χ4v) is 3.33. The molecule has 1 amide bonds. The highest BCUT2D eigenvalue weighted by Crippen LogP contribution is 2.34. The number of hydrogen-bond acceptors (Lipinski definition) is 1.